The highest BCUT2D eigenvalue weighted by molar-refractivity contribution is 7.99. The first-order chi connectivity index (χ1) is 12.5. The van der Waals surface area contributed by atoms with Gasteiger partial charge in [-0.3, -0.25) is 14.4 Å². The van der Waals surface area contributed by atoms with Gasteiger partial charge in [-0.15, -0.1) is 11.8 Å². The van der Waals surface area contributed by atoms with Gasteiger partial charge in [-0.05, 0) is 25.0 Å². The number of nitrogens with one attached hydrogen (secondary N) is 1. The van der Waals surface area contributed by atoms with Gasteiger partial charge in [0.2, 0.25) is 5.91 Å². The van der Waals surface area contributed by atoms with Gasteiger partial charge in [0.15, 0.2) is 0 Å². The van der Waals surface area contributed by atoms with E-state index in [4.69, 9.17) is 4.74 Å². The molecular weight excluding hydrogens is 356 g/mol. The first-order valence-corrected chi connectivity index (χ1v) is 9.72. The molecule has 3 rings (SSSR count). The Balaban J connectivity index is 1.65. The highest BCUT2D eigenvalue weighted by Crippen LogP contribution is 2.30. The molecule has 2 heterocycles. The van der Waals surface area contributed by atoms with Gasteiger partial charge in [0.1, 0.15) is 6.04 Å². The molecule has 2 saturated heterocycles. The summed E-state index contributed by atoms with van der Waals surface area (Å²) in [6.07, 6.45) is 0.739. The number of ether oxygens (including phenoxy) is 1. The smallest absolute Gasteiger partial charge is 0.311 e. The standard InChI is InChI=1S/C18H22N2O5S/c21-15(19-11-18(17(23)24)6-8-25-9-7-18)14-10-26-12-20(14)16(22)13-4-2-1-3-5-13/h1-5,14H,6-12H2,(H,19,21)(H,23,24). The zero-order valence-electron chi connectivity index (χ0n) is 14.3. The van der Waals surface area contributed by atoms with Crippen LogP contribution in [0.4, 0.5) is 0 Å². The Morgan fingerprint density at radius 1 is 1.23 bits per heavy atom. The molecule has 26 heavy (non-hydrogen) atoms. The van der Waals surface area contributed by atoms with Crippen LogP contribution < -0.4 is 5.32 Å². The lowest BCUT2D eigenvalue weighted by atomic mass is 9.80. The van der Waals surface area contributed by atoms with Gasteiger partial charge in [-0.1, -0.05) is 18.2 Å². The van der Waals surface area contributed by atoms with Crippen molar-refractivity contribution >= 4 is 29.5 Å². The van der Waals surface area contributed by atoms with E-state index in [9.17, 15) is 19.5 Å². The largest absolute Gasteiger partial charge is 0.481 e. The number of rotatable bonds is 5. The predicted octanol–water partition coefficient (Wildman–Crippen LogP) is 1.20. The normalized spacial score (nSPS) is 22.0. The number of hydrogen-bond donors (Lipinski definition) is 2. The third kappa shape index (κ3) is 3.86. The number of carbonyl (C=O) groups is 3. The molecular formula is C18H22N2O5S. The summed E-state index contributed by atoms with van der Waals surface area (Å²) >= 11 is 1.52. The second kappa shape index (κ2) is 8.09. The van der Waals surface area contributed by atoms with Crippen LogP contribution in [-0.2, 0) is 14.3 Å². The number of aliphatic carboxylic acids is 1. The Morgan fingerprint density at radius 2 is 1.92 bits per heavy atom. The topological polar surface area (TPSA) is 95.9 Å². The summed E-state index contributed by atoms with van der Waals surface area (Å²) in [7, 11) is 0. The number of thioether (sulfide) groups is 1. The molecule has 1 atom stereocenters. The number of hydrogen-bond acceptors (Lipinski definition) is 5. The van der Waals surface area contributed by atoms with Gasteiger partial charge in [0, 0.05) is 31.1 Å². The summed E-state index contributed by atoms with van der Waals surface area (Å²) in [5.41, 5.74) is -0.451. The first kappa shape index (κ1) is 18.7. The molecule has 1 aromatic rings. The molecule has 0 bridgehead atoms. The maximum atomic E-state index is 12.7. The molecule has 0 aliphatic carbocycles. The molecule has 0 saturated carbocycles. The van der Waals surface area contributed by atoms with Gasteiger partial charge in [0.25, 0.3) is 5.91 Å². The van der Waals surface area contributed by atoms with E-state index in [1.165, 1.54) is 11.8 Å². The van der Waals surface area contributed by atoms with Crippen molar-refractivity contribution in [1.82, 2.24) is 10.2 Å². The van der Waals surface area contributed by atoms with Gasteiger partial charge in [-0.25, -0.2) is 0 Å². The van der Waals surface area contributed by atoms with Crippen molar-refractivity contribution < 1.29 is 24.2 Å². The van der Waals surface area contributed by atoms with Crippen LogP contribution in [0.25, 0.3) is 0 Å². The minimum absolute atomic E-state index is 0.0546. The average molecular weight is 378 g/mol. The number of carboxylic acid groups (broad SMARTS) is 1. The van der Waals surface area contributed by atoms with Gasteiger partial charge in [-0.2, -0.15) is 0 Å². The zero-order chi connectivity index (χ0) is 18.6. The molecule has 0 spiro atoms. The lowest BCUT2D eigenvalue weighted by molar-refractivity contribution is -0.154. The van der Waals surface area contributed by atoms with E-state index in [0.29, 0.717) is 43.2 Å². The molecule has 2 amide bonds. The summed E-state index contributed by atoms with van der Waals surface area (Å²) in [6, 6.07) is 8.27. The quantitative estimate of drug-likeness (QED) is 0.799. The summed E-state index contributed by atoms with van der Waals surface area (Å²) in [5, 5.41) is 12.4. The molecule has 140 valence electrons. The predicted molar refractivity (Wildman–Crippen MR) is 96.9 cm³/mol. The Hall–Kier alpha value is -2.06. The fraction of sp³-hybridized carbons (Fsp3) is 0.500. The molecule has 8 heteroatoms. The molecule has 2 N–H and O–H groups in total. The lowest BCUT2D eigenvalue weighted by Gasteiger charge is -2.33. The number of amides is 2. The van der Waals surface area contributed by atoms with Crippen molar-refractivity contribution in [2.24, 2.45) is 5.41 Å². The van der Waals surface area contributed by atoms with Crippen molar-refractivity contribution in [2.45, 2.75) is 18.9 Å². The van der Waals surface area contributed by atoms with E-state index >= 15 is 0 Å². The maximum absolute atomic E-state index is 12.7. The van der Waals surface area contributed by atoms with Gasteiger partial charge in [0.05, 0.1) is 11.3 Å². The highest BCUT2D eigenvalue weighted by atomic mass is 32.2. The summed E-state index contributed by atoms with van der Waals surface area (Å²) in [6.45, 7) is 0.805. The van der Waals surface area contributed by atoms with E-state index in [2.05, 4.69) is 5.32 Å². The molecule has 2 aliphatic heterocycles. The molecule has 7 nitrogen and oxygen atoms in total. The van der Waals surface area contributed by atoms with Crippen molar-refractivity contribution in [3.63, 3.8) is 0 Å². The SMILES string of the molecule is O=C(NCC1(C(=O)O)CCOCC1)C1CSCN1C(=O)c1ccccc1. The molecule has 0 radical (unpaired) electrons. The van der Waals surface area contributed by atoms with E-state index in [1.807, 2.05) is 6.07 Å². The first-order valence-electron chi connectivity index (χ1n) is 8.56. The fourth-order valence-corrected chi connectivity index (χ4v) is 4.36. The van der Waals surface area contributed by atoms with Crippen LogP contribution in [0.1, 0.15) is 23.2 Å². The molecule has 2 fully saturated rings. The van der Waals surface area contributed by atoms with Crippen molar-refractivity contribution in [3.8, 4) is 0 Å². The van der Waals surface area contributed by atoms with E-state index in [0.717, 1.165) is 0 Å². The number of carboxylic acids is 1. The molecule has 1 aromatic carbocycles. The van der Waals surface area contributed by atoms with Crippen molar-refractivity contribution in [1.29, 1.82) is 0 Å². The second-order valence-corrected chi connectivity index (χ2v) is 7.57. The minimum atomic E-state index is -0.992. The minimum Gasteiger partial charge on any atom is -0.481 e. The Bertz CT molecular complexity index is 675. The summed E-state index contributed by atoms with van der Waals surface area (Å²) < 4.78 is 5.25. The van der Waals surface area contributed by atoms with E-state index < -0.39 is 17.4 Å². The molecule has 0 aromatic heterocycles. The van der Waals surface area contributed by atoms with Crippen molar-refractivity contribution in [3.05, 3.63) is 35.9 Å². The summed E-state index contributed by atoms with van der Waals surface area (Å²) in [4.78, 5) is 38.6. The number of carbonyl (C=O) groups excluding carboxylic acids is 2. The number of nitrogens with zero attached hydrogens (tertiary/aromatic N) is 1. The van der Waals surface area contributed by atoms with Gasteiger partial charge >= 0.3 is 5.97 Å². The summed E-state index contributed by atoms with van der Waals surface area (Å²) in [5.74, 6) is -0.447. The van der Waals surface area contributed by atoms with Crippen LogP contribution in [0.2, 0.25) is 0 Å². The third-order valence-corrected chi connectivity index (χ3v) is 5.98. The monoisotopic (exact) mass is 378 g/mol. The van der Waals surface area contributed by atoms with Crippen LogP contribution in [0.3, 0.4) is 0 Å². The number of benzene rings is 1. The van der Waals surface area contributed by atoms with Gasteiger partial charge < -0.3 is 20.1 Å². The fourth-order valence-electron chi connectivity index (χ4n) is 3.21. The molecule has 1 unspecified atom stereocenters. The highest BCUT2D eigenvalue weighted by Gasteiger charge is 2.42. The van der Waals surface area contributed by atoms with E-state index in [1.54, 1.807) is 29.2 Å². The van der Waals surface area contributed by atoms with Crippen LogP contribution >= 0.6 is 11.8 Å². The zero-order valence-corrected chi connectivity index (χ0v) is 15.2. The Morgan fingerprint density at radius 3 is 2.58 bits per heavy atom. The van der Waals surface area contributed by atoms with Crippen LogP contribution in [0, 0.1) is 5.41 Å². The van der Waals surface area contributed by atoms with Crippen LogP contribution in [0.5, 0.6) is 0 Å². The lowest BCUT2D eigenvalue weighted by Crippen LogP contribution is -2.52. The Kier molecular flexibility index (Phi) is 5.83. The third-order valence-electron chi connectivity index (χ3n) is 4.97. The van der Waals surface area contributed by atoms with Crippen LogP contribution in [0.15, 0.2) is 30.3 Å². The van der Waals surface area contributed by atoms with Crippen molar-refractivity contribution in [2.75, 3.05) is 31.4 Å². The maximum Gasteiger partial charge on any atom is 0.311 e. The van der Waals surface area contributed by atoms with Crippen LogP contribution in [-0.4, -0.2) is 65.2 Å². The second-order valence-electron chi connectivity index (χ2n) is 6.57. The average Bonchev–Trinajstić information content (AvgIpc) is 3.16. The Labute approximate surface area is 156 Å². The van der Waals surface area contributed by atoms with E-state index in [-0.39, 0.29) is 18.4 Å². The molecule has 2 aliphatic rings.